The van der Waals surface area contributed by atoms with Crippen molar-refractivity contribution < 1.29 is 9.47 Å². The molecule has 1 aromatic rings. The SMILES string of the molecule is COC(C)(C)C#C/C(N)=C(\C)NCCOc1ccc(Cl)cc1. The van der Waals surface area contributed by atoms with Crippen LogP contribution >= 0.6 is 11.6 Å². The van der Waals surface area contributed by atoms with Crippen molar-refractivity contribution in [3.8, 4) is 17.6 Å². The van der Waals surface area contributed by atoms with Crippen LogP contribution in [0, 0.1) is 11.8 Å². The second kappa shape index (κ2) is 8.57. The number of hydrogen-bond donors (Lipinski definition) is 2. The number of benzene rings is 1. The van der Waals surface area contributed by atoms with Crippen molar-refractivity contribution in [2.24, 2.45) is 5.73 Å². The molecule has 0 spiro atoms. The van der Waals surface area contributed by atoms with Crippen molar-refractivity contribution in [3.63, 3.8) is 0 Å². The van der Waals surface area contributed by atoms with Gasteiger partial charge in [0.05, 0.1) is 0 Å². The highest BCUT2D eigenvalue weighted by Crippen LogP contribution is 2.15. The third kappa shape index (κ3) is 6.75. The number of methoxy groups -OCH3 is 1. The van der Waals surface area contributed by atoms with Gasteiger partial charge in [0.25, 0.3) is 0 Å². The van der Waals surface area contributed by atoms with Gasteiger partial charge in [-0.2, -0.15) is 0 Å². The third-order valence-corrected chi connectivity index (χ3v) is 3.24. The van der Waals surface area contributed by atoms with E-state index in [0.29, 0.717) is 23.9 Å². The molecule has 1 rings (SSSR count). The van der Waals surface area contributed by atoms with E-state index >= 15 is 0 Å². The smallest absolute Gasteiger partial charge is 0.123 e. The molecule has 0 fully saturated rings. The standard InChI is InChI=1S/C17H23ClN2O2/c1-13(16(19)9-10-17(2,3)21-4)20-11-12-22-15-7-5-14(18)6-8-15/h5-8,20H,11-12,19H2,1-4H3/b16-13-. The molecule has 0 saturated heterocycles. The molecule has 0 aliphatic rings. The minimum absolute atomic E-state index is 0.497. The molecular weight excluding hydrogens is 300 g/mol. The van der Waals surface area contributed by atoms with E-state index in [1.807, 2.05) is 32.9 Å². The molecule has 0 radical (unpaired) electrons. The Bertz CT molecular complexity index is 569. The minimum atomic E-state index is -0.511. The summed E-state index contributed by atoms with van der Waals surface area (Å²) in [6.07, 6.45) is 0. The van der Waals surface area contributed by atoms with E-state index < -0.39 is 5.60 Å². The zero-order chi connectivity index (χ0) is 16.6. The molecule has 3 N–H and O–H groups in total. The summed E-state index contributed by atoms with van der Waals surface area (Å²) in [6, 6.07) is 7.25. The lowest BCUT2D eigenvalue weighted by Gasteiger charge is -2.14. The van der Waals surface area contributed by atoms with Gasteiger partial charge in [-0.3, -0.25) is 0 Å². The first-order valence-electron chi connectivity index (χ1n) is 7.01. The van der Waals surface area contributed by atoms with E-state index in [1.165, 1.54) is 0 Å². The quantitative estimate of drug-likeness (QED) is 0.624. The number of halogens is 1. The molecule has 22 heavy (non-hydrogen) atoms. The summed E-state index contributed by atoms with van der Waals surface area (Å²) < 4.78 is 10.8. The summed E-state index contributed by atoms with van der Waals surface area (Å²) in [6.45, 7) is 6.80. The van der Waals surface area contributed by atoms with Gasteiger partial charge >= 0.3 is 0 Å². The van der Waals surface area contributed by atoms with E-state index in [0.717, 1.165) is 11.4 Å². The van der Waals surface area contributed by atoms with E-state index in [2.05, 4.69) is 17.2 Å². The predicted octanol–water partition coefficient (Wildman–Crippen LogP) is 2.93. The number of rotatable bonds is 6. The van der Waals surface area contributed by atoms with Crippen LogP contribution in [0.5, 0.6) is 5.75 Å². The van der Waals surface area contributed by atoms with Gasteiger partial charge in [-0.15, -0.1) is 0 Å². The maximum atomic E-state index is 5.92. The molecule has 0 unspecified atom stereocenters. The molecule has 0 saturated carbocycles. The largest absolute Gasteiger partial charge is 0.492 e. The predicted molar refractivity (Wildman–Crippen MR) is 90.7 cm³/mol. The second-order valence-electron chi connectivity index (χ2n) is 5.23. The summed E-state index contributed by atoms with van der Waals surface area (Å²) in [7, 11) is 1.62. The van der Waals surface area contributed by atoms with Crippen molar-refractivity contribution in [2.45, 2.75) is 26.4 Å². The monoisotopic (exact) mass is 322 g/mol. The van der Waals surface area contributed by atoms with Gasteiger partial charge < -0.3 is 20.5 Å². The summed E-state index contributed by atoms with van der Waals surface area (Å²) >= 11 is 5.81. The van der Waals surface area contributed by atoms with Crippen LogP contribution in [-0.2, 0) is 4.74 Å². The highest BCUT2D eigenvalue weighted by atomic mass is 35.5. The minimum Gasteiger partial charge on any atom is -0.492 e. The lowest BCUT2D eigenvalue weighted by atomic mass is 10.1. The van der Waals surface area contributed by atoms with Crippen LogP contribution in [0.25, 0.3) is 0 Å². The van der Waals surface area contributed by atoms with Crippen LogP contribution in [0.2, 0.25) is 5.02 Å². The molecule has 0 atom stereocenters. The first kappa shape index (κ1) is 18.2. The van der Waals surface area contributed by atoms with Crippen molar-refractivity contribution in [1.82, 2.24) is 5.32 Å². The molecule has 5 heteroatoms. The lowest BCUT2D eigenvalue weighted by Crippen LogP contribution is -2.23. The van der Waals surface area contributed by atoms with Crippen molar-refractivity contribution >= 4 is 11.6 Å². The van der Waals surface area contributed by atoms with Crippen LogP contribution < -0.4 is 15.8 Å². The van der Waals surface area contributed by atoms with Gasteiger partial charge in [0, 0.05) is 24.4 Å². The Hall–Kier alpha value is -1.83. The van der Waals surface area contributed by atoms with E-state index in [4.69, 9.17) is 26.8 Å². The number of allylic oxidation sites excluding steroid dienone is 2. The normalized spacial score (nSPS) is 12.0. The second-order valence-corrected chi connectivity index (χ2v) is 5.67. The highest BCUT2D eigenvalue weighted by molar-refractivity contribution is 6.30. The average Bonchev–Trinajstić information content (AvgIpc) is 2.50. The van der Waals surface area contributed by atoms with Crippen molar-refractivity contribution in [1.29, 1.82) is 0 Å². The fourth-order valence-corrected chi connectivity index (χ4v) is 1.52. The Morgan fingerprint density at radius 1 is 1.32 bits per heavy atom. The van der Waals surface area contributed by atoms with Crippen LogP contribution in [0.1, 0.15) is 20.8 Å². The molecule has 0 aliphatic heterocycles. The molecule has 0 aliphatic carbocycles. The maximum absolute atomic E-state index is 5.92. The van der Waals surface area contributed by atoms with Gasteiger partial charge in [0.15, 0.2) is 0 Å². The molecule has 0 bridgehead atoms. The lowest BCUT2D eigenvalue weighted by molar-refractivity contribution is 0.0741. The van der Waals surface area contributed by atoms with Crippen molar-refractivity contribution in [2.75, 3.05) is 20.3 Å². The fourth-order valence-electron chi connectivity index (χ4n) is 1.40. The molecule has 1 aromatic carbocycles. The van der Waals surface area contributed by atoms with E-state index in [-0.39, 0.29) is 0 Å². The summed E-state index contributed by atoms with van der Waals surface area (Å²) in [4.78, 5) is 0. The summed E-state index contributed by atoms with van der Waals surface area (Å²) in [5, 5.41) is 3.87. The topological polar surface area (TPSA) is 56.5 Å². The number of nitrogens with two attached hydrogens (primary N) is 1. The van der Waals surface area contributed by atoms with Gasteiger partial charge in [-0.1, -0.05) is 17.5 Å². The van der Waals surface area contributed by atoms with Crippen molar-refractivity contribution in [3.05, 3.63) is 40.7 Å². The fraction of sp³-hybridized carbons (Fsp3) is 0.412. The van der Waals surface area contributed by atoms with Crippen LogP contribution in [0.4, 0.5) is 0 Å². The van der Waals surface area contributed by atoms with E-state index in [1.54, 1.807) is 19.2 Å². The summed E-state index contributed by atoms with van der Waals surface area (Å²) in [5.74, 6) is 6.65. The number of ether oxygens (including phenoxy) is 2. The Balaban J connectivity index is 2.43. The first-order valence-corrected chi connectivity index (χ1v) is 7.39. The summed E-state index contributed by atoms with van der Waals surface area (Å²) in [5.41, 5.74) is 6.73. The number of hydrogen-bond acceptors (Lipinski definition) is 4. The van der Waals surface area contributed by atoms with Crippen LogP contribution in [-0.4, -0.2) is 25.9 Å². The Morgan fingerprint density at radius 3 is 2.55 bits per heavy atom. The van der Waals surface area contributed by atoms with E-state index in [9.17, 15) is 0 Å². The first-order chi connectivity index (χ1) is 10.3. The molecule has 0 amide bonds. The highest BCUT2D eigenvalue weighted by Gasteiger charge is 2.10. The average molecular weight is 323 g/mol. The molecular formula is C17H23ClN2O2. The van der Waals surface area contributed by atoms with Crippen LogP contribution in [0.15, 0.2) is 35.7 Å². The van der Waals surface area contributed by atoms with Crippen LogP contribution in [0.3, 0.4) is 0 Å². The zero-order valence-corrected chi connectivity index (χ0v) is 14.3. The Kier molecular flexibility index (Phi) is 7.10. The van der Waals surface area contributed by atoms with Gasteiger partial charge in [-0.05, 0) is 51.0 Å². The molecule has 0 aromatic heterocycles. The van der Waals surface area contributed by atoms with Gasteiger partial charge in [0.1, 0.15) is 23.7 Å². The molecule has 4 nitrogen and oxygen atoms in total. The maximum Gasteiger partial charge on any atom is 0.123 e. The zero-order valence-electron chi connectivity index (χ0n) is 13.5. The van der Waals surface area contributed by atoms with Gasteiger partial charge in [-0.25, -0.2) is 0 Å². The number of nitrogens with one attached hydrogen (secondary N) is 1. The molecule has 0 heterocycles. The van der Waals surface area contributed by atoms with Gasteiger partial charge in [0.2, 0.25) is 0 Å². The Morgan fingerprint density at radius 2 is 1.95 bits per heavy atom. The third-order valence-electron chi connectivity index (χ3n) is 2.99. The molecule has 120 valence electrons. The Labute approximate surface area is 137 Å².